The largest absolute Gasteiger partial charge is 0.457 e. The molecular weight excluding hydrogens is 544 g/mol. The normalized spacial score (nSPS) is 14.8. The van der Waals surface area contributed by atoms with E-state index in [4.69, 9.17) is 16.0 Å². The Bertz CT molecular complexity index is 1890. The van der Waals surface area contributed by atoms with Crippen LogP contribution in [0.25, 0.3) is 17.0 Å². The lowest BCUT2D eigenvalue weighted by Crippen LogP contribution is -2.15. The summed E-state index contributed by atoms with van der Waals surface area (Å²) in [5, 5.41) is 9.52. The van der Waals surface area contributed by atoms with Crippen LogP contribution in [-0.2, 0) is 4.74 Å². The minimum atomic E-state index is 0.0101. The van der Waals surface area contributed by atoms with Crippen molar-refractivity contribution >= 4 is 34.9 Å². The van der Waals surface area contributed by atoms with Gasteiger partial charge in [0.15, 0.2) is 11.5 Å². The summed E-state index contributed by atoms with van der Waals surface area (Å²) >= 11 is 0. The lowest BCUT2D eigenvalue weighted by Gasteiger charge is -2.32. The molecule has 0 amide bonds. The van der Waals surface area contributed by atoms with Gasteiger partial charge in [0.05, 0.1) is 24.0 Å². The predicted molar refractivity (Wildman–Crippen MR) is 177 cm³/mol. The highest BCUT2D eigenvalue weighted by atomic mass is 16.5. The first kappa shape index (κ1) is 27.9. The Labute approximate surface area is 257 Å². The van der Waals surface area contributed by atoms with Gasteiger partial charge in [0.1, 0.15) is 11.5 Å². The SMILES string of the molecule is [C-]#[N+]/C(C#N)=C1C=C(/C=C/c2ccc(N(C)C)cc2)OC(/C=C/c2ccc(N3c4ccccc4Oc4ccccc43)cc2)=C\1. The molecule has 2 heterocycles. The van der Waals surface area contributed by atoms with Crippen LogP contribution < -0.4 is 14.5 Å². The lowest BCUT2D eigenvalue weighted by atomic mass is 10.1. The maximum atomic E-state index is 9.52. The van der Waals surface area contributed by atoms with E-state index in [0.717, 1.165) is 45.4 Å². The number of anilines is 4. The molecule has 0 saturated carbocycles. The molecule has 4 aromatic carbocycles. The molecule has 0 unspecified atom stereocenters. The summed E-state index contributed by atoms with van der Waals surface area (Å²) in [7, 11) is 4.00. The fraction of sp³-hybridized carbons (Fsp3) is 0.0526. The first-order valence-electron chi connectivity index (χ1n) is 14.0. The average molecular weight is 573 g/mol. The fourth-order valence-electron chi connectivity index (χ4n) is 4.96. The van der Waals surface area contributed by atoms with E-state index in [0.29, 0.717) is 17.1 Å². The Morgan fingerprint density at radius 3 is 1.75 bits per heavy atom. The lowest BCUT2D eigenvalue weighted by molar-refractivity contribution is 0.332. The van der Waals surface area contributed by atoms with Gasteiger partial charge in [-0.15, -0.1) is 0 Å². The molecule has 0 atom stereocenters. The van der Waals surface area contributed by atoms with Crippen molar-refractivity contribution in [3.05, 3.63) is 167 Å². The van der Waals surface area contributed by atoms with Gasteiger partial charge in [-0.05, 0) is 89.5 Å². The zero-order chi connectivity index (χ0) is 30.5. The van der Waals surface area contributed by atoms with Crippen LogP contribution in [0.4, 0.5) is 22.7 Å². The summed E-state index contributed by atoms with van der Waals surface area (Å²) in [5.74, 6) is 2.68. The van der Waals surface area contributed by atoms with Crippen LogP contribution in [0.3, 0.4) is 0 Å². The first-order valence-corrected chi connectivity index (χ1v) is 14.0. The van der Waals surface area contributed by atoms with Gasteiger partial charge in [-0.2, -0.15) is 0 Å². The standard InChI is InChI=1S/C38H28N4O2/c1-40-34(26-39)29-24-32(22-16-27-12-18-30(19-13-27)41(2)3)43-33(25-29)23-17-28-14-20-31(21-15-28)42-35-8-4-6-10-37(35)44-38-11-7-5-9-36(38)42/h4-25H,2-3H3/b22-16+,23-17+,34-29+. The van der Waals surface area contributed by atoms with Crippen molar-refractivity contribution in [2.75, 3.05) is 23.9 Å². The molecule has 0 saturated heterocycles. The Balaban J connectivity index is 1.24. The van der Waals surface area contributed by atoms with Crippen LogP contribution in [0.2, 0.25) is 0 Å². The van der Waals surface area contributed by atoms with Crippen LogP contribution in [0.1, 0.15) is 11.1 Å². The van der Waals surface area contributed by atoms with Gasteiger partial charge in [-0.1, -0.05) is 60.7 Å². The summed E-state index contributed by atoms with van der Waals surface area (Å²) in [6.07, 6.45) is 11.0. The first-order chi connectivity index (χ1) is 21.5. The number of fused-ring (bicyclic) bond motifs is 2. The van der Waals surface area contributed by atoms with E-state index in [2.05, 4.69) is 21.9 Å². The highest BCUT2D eigenvalue weighted by molar-refractivity contribution is 5.86. The van der Waals surface area contributed by atoms with Crippen molar-refractivity contribution in [2.45, 2.75) is 0 Å². The molecule has 0 bridgehead atoms. The van der Waals surface area contributed by atoms with E-state index in [9.17, 15) is 5.26 Å². The van der Waals surface area contributed by atoms with E-state index >= 15 is 0 Å². The molecule has 6 rings (SSSR count). The molecule has 2 aliphatic heterocycles. The Hall–Kier alpha value is -6.24. The van der Waals surface area contributed by atoms with E-state index in [1.54, 1.807) is 12.2 Å². The number of rotatable bonds is 6. The molecular formula is C38H28N4O2. The Morgan fingerprint density at radius 1 is 0.727 bits per heavy atom. The summed E-state index contributed by atoms with van der Waals surface area (Å²) in [4.78, 5) is 7.64. The number of para-hydroxylation sites is 4. The highest BCUT2D eigenvalue weighted by Crippen LogP contribution is 2.49. The van der Waals surface area contributed by atoms with Crippen molar-refractivity contribution in [1.82, 2.24) is 0 Å². The van der Waals surface area contributed by atoms with E-state index in [1.165, 1.54) is 0 Å². The molecule has 212 valence electrons. The second-order valence-electron chi connectivity index (χ2n) is 10.3. The number of ether oxygens (including phenoxy) is 2. The van der Waals surface area contributed by atoms with Crippen LogP contribution in [0.15, 0.2) is 144 Å². The smallest absolute Gasteiger partial charge is 0.269 e. The van der Waals surface area contributed by atoms with Crippen LogP contribution >= 0.6 is 0 Å². The molecule has 2 aliphatic rings. The number of hydrogen-bond donors (Lipinski definition) is 0. The van der Waals surface area contributed by atoms with Gasteiger partial charge in [0.2, 0.25) is 0 Å². The minimum absolute atomic E-state index is 0.0101. The monoisotopic (exact) mass is 572 g/mol. The van der Waals surface area contributed by atoms with Gasteiger partial charge in [-0.25, -0.2) is 10.1 Å². The molecule has 6 heteroatoms. The van der Waals surface area contributed by atoms with E-state index in [-0.39, 0.29) is 5.70 Å². The minimum Gasteiger partial charge on any atom is -0.457 e. The fourth-order valence-corrected chi connectivity index (χ4v) is 4.96. The molecule has 0 aromatic heterocycles. The van der Waals surface area contributed by atoms with Gasteiger partial charge in [0.25, 0.3) is 5.70 Å². The summed E-state index contributed by atoms with van der Waals surface area (Å²) < 4.78 is 12.3. The average Bonchev–Trinajstić information content (AvgIpc) is 3.06. The third-order valence-electron chi connectivity index (χ3n) is 7.20. The number of nitrogens with zero attached hydrogens (tertiary/aromatic N) is 4. The van der Waals surface area contributed by atoms with Gasteiger partial charge in [-0.3, -0.25) is 0 Å². The maximum absolute atomic E-state index is 9.52. The van der Waals surface area contributed by atoms with Crippen molar-refractivity contribution in [3.63, 3.8) is 0 Å². The van der Waals surface area contributed by atoms with Crippen molar-refractivity contribution in [3.8, 4) is 17.6 Å². The highest BCUT2D eigenvalue weighted by Gasteiger charge is 2.25. The molecule has 4 aromatic rings. The van der Waals surface area contributed by atoms with Crippen molar-refractivity contribution in [2.24, 2.45) is 0 Å². The molecule has 0 fully saturated rings. The summed E-state index contributed by atoms with van der Waals surface area (Å²) in [6.45, 7) is 7.44. The number of allylic oxidation sites excluding steroid dienone is 6. The number of benzene rings is 4. The van der Waals surface area contributed by atoms with E-state index < -0.39 is 0 Å². The molecule has 0 N–H and O–H groups in total. The Morgan fingerprint density at radius 2 is 1.25 bits per heavy atom. The molecule has 0 radical (unpaired) electrons. The van der Waals surface area contributed by atoms with Crippen LogP contribution in [-0.4, -0.2) is 14.1 Å². The molecule has 0 aliphatic carbocycles. The molecule has 44 heavy (non-hydrogen) atoms. The van der Waals surface area contributed by atoms with Gasteiger partial charge in [0, 0.05) is 25.5 Å². The zero-order valence-electron chi connectivity index (χ0n) is 24.3. The third-order valence-corrected chi connectivity index (χ3v) is 7.20. The second kappa shape index (κ2) is 12.3. The van der Waals surface area contributed by atoms with E-state index in [1.807, 2.05) is 134 Å². The van der Waals surface area contributed by atoms with Gasteiger partial charge < -0.3 is 19.3 Å². The Kier molecular flexibility index (Phi) is 7.82. The number of nitriles is 1. The third kappa shape index (κ3) is 5.87. The predicted octanol–water partition coefficient (Wildman–Crippen LogP) is 9.55. The topological polar surface area (TPSA) is 53.1 Å². The summed E-state index contributed by atoms with van der Waals surface area (Å²) in [5.41, 5.74) is 6.57. The number of hydrogen-bond acceptors (Lipinski definition) is 5. The quantitative estimate of drug-likeness (QED) is 0.150. The van der Waals surface area contributed by atoms with Crippen molar-refractivity contribution < 1.29 is 9.47 Å². The van der Waals surface area contributed by atoms with Crippen molar-refractivity contribution in [1.29, 1.82) is 5.26 Å². The van der Waals surface area contributed by atoms with Crippen LogP contribution in [0, 0.1) is 17.9 Å². The van der Waals surface area contributed by atoms with Gasteiger partial charge >= 0.3 is 0 Å². The zero-order valence-corrected chi connectivity index (χ0v) is 24.3. The maximum Gasteiger partial charge on any atom is 0.269 e. The van der Waals surface area contributed by atoms with Crippen LogP contribution in [0.5, 0.6) is 11.5 Å². The second-order valence-corrected chi connectivity index (χ2v) is 10.3. The molecule has 0 spiro atoms. The molecule has 6 nitrogen and oxygen atoms in total. The summed E-state index contributed by atoms with van der Waals surface area (Å²) in [6, 6.07) is 34.4.